The Hall–Kier alpha value is -1.47. The fourth-order valence-electron chi connectivity index (χ4n) is 5.92. The molecule has 0 bridgehead atoms. The van der Waals surface area contributed by atoms with Crippen molar-refractivity contribution < 1.29 is 37.6 Å². The molecule has 0 saturated carbocycles. The van der Waals surface area contributed by atoms with Gasteiger partial charge in [-0.15, -0.1) is 0 Å². The summed E-state index contributed by atoms with van der Waals surface area (Å²) in [6.07, 6.45) is 42.2. The van der Waals surface area contributed by atoms with Gasteiger partial charge in [0.25, 0.3) is 0 Å². The molecule has 0 aromatic heterocycles. The summed E-state index contributed by atoms with van der Waals surface area (Å²) in [5, 5.41) is 0. The zero-order valence-corrected chi connectivity index (χ0v) is 34.2. The molecule has 0 aliphatic carbocycles. The number of hydrogen-bond acceptors (Lipinski definition) is 7. The first-order valence-electron chi connectivity index (χ1n) is 21.0. The molecule has 300 valence electrons. The highest BCUT2D eigenvalue weighted by atomic mass is 31.2. The molecule has 51 heavy (non-hydrogen) atoms. The number of esters is 2. The van der Waals surface area contributed by atoms with Gasteiger partial charge in [-0.05, 0) is 44.9 Å². The van der Waals surface area contributed by atoms with Crippen LogP contribution in [-0.2, 0) is 32.7 Å². The molecule has 0 fully saturated rings. The van der Waals surface area contributed by atoms with Crippen LogP contribution in [0.15, 0.2) is 24.3 Å². The fraction of sp³-hybridized carbons (Fsp3) is 0.857. The number of rotatable bonds is 39. The number of unbranched alkanes of at least 4 members (excludes halogenated alkanes) is 24. The molecule has 2 unspecified atom stereocenters. The number of phosphoric acid groups is 1. The van der Waals surface area contributed by atoms with E-state index in [1.807, 2.05) is 0 Å². The quantitative estimate of drug-likeness (QED) is 0.0287. The SMILES string of the molecule is CCCCC/C=C\C/C=C\CCCCCCCCCCCC(=O)OC(COC(=O)CCCCCCCCCCCCCCC)COP(=O)(O)OC. The molecule has 0 aromatic rings. The van der Waals surface area contributed by atoms with Gasteiger partial charge in [-0.3, -0.25) is 18.6 Å². The maximum Gasteiger partial charge on any atom is 0.472 e. The third kappa shape index (κ3) is 38.1. The van der Waals surface area contributed by atoms with Gasteiger partial charge in [0.1, 0.15) is 6.61 Å². The van der Waals surface area contributed by atoms with Gasteiger partial charge in [0.05, 0.1) is 6.61 Å². The van der Waals surface area contributed by atoms with Crippen LogP contribution < -0.4 is 0 Å². The normalized spacial score (nSPS) is 13.6. The summed E-state index contributed by atoms with van der Waals surface area (Å²) in [6.45, 7) is 3.87. The van der Waals surface area contributed by atoms with Crippen LogP contribution in [0.3, 0.4) is 0 Å². The van der Waals surface area contributed by atoms with Crippen molar-refractivity contribution in [2.75, 3.05) is 20.3 Å². The zero-order valence-electron chi connectivity index (χ0n) is 33.3. The van der Waals surface area contributed by atoms with Crippen LogP contribution in [0.2, 0.25) is 0 Å². The van der Waals surface area contributed by atoms with E-state index in [2.05, 4.69) is 42.7 Å². The second-order valence-corrected chi connectivity index (χ2v) is 15.7. The monoisotopic (exact) mass is 743 g/mol. The van der Waals surface area contributed by atoms with Crippen LogP contribution >= 0.6 is 7.82 Å². The molecular weight excluding hydrogens is 663 g/mol. The van der Waals surface area contributed by atoms with Gasteiger partial charge in [0.15, 0.2) is 6.10 Å². The molecule has 0 saturated heterocycles. The van der Waals surface area contributed by atoms with E-state index in [0.29, 0.717) is 12.8 Å². The largest absolute Gasteiger partial charge is 0.472 e. The van der Waals surface area contributed by atoms with E-state index < -0.39 is 26.5 Å². The topological polar surface area (TPSA) is 108 Å². The van der Waals surface area contributed by atoms with E-state index >= 15 is 0 Å². The highest BCUT2D eigenvalue weighted by Gasteiger charge is 2.24. The van der Waals surface area contributed by atoms with E-state index in [1.165, 1.54) is 128 Å². The van der Waals surface area contributed by atoms with Crippen LogP contribution in [0, 0.1) is 0 Å². The Bertz CT molecular complexity index is 890. The Labute approximate surface area is 313 Å². The number of ether oxygens (including phenoxy) is 2. The summed E-state index contributed by atoms with van der Waals surface area (Å²) in [4.78, 5) is 34.4. The highest BCUT2D eigenvalue weighted by Crippen LogP contribution is 2.42. The summed E-state index contributed by atoms with van der Waals surface area (Å²) in [5.74, 6) is -0.801. The minimum absolute atomic E-state index is 0.223. The van der Waals surface area contributed by atoms with Gasteiger partial charge in [0.2, 0.25) is 0 Å². The number of hydrogen-bond donors (Lipinski definition) is 1. The van der Waals surface area contributed by atoms with Gasteiger partial charge >= 0.3 is 19.8 Å². The van der Waals surface area contributed by atoms with Crippen LogP contribution in [0.1, 0.15) is 206 Å². The lowest BCUT2D eigenvalue weighted by atomic mass is 10.0. The fourth-order valence-corrected chi connectivity index (χ4v) is 6.38. The van der Waals surface area contributed by atoms with Crippen molar-refractivity contribution in [3.05, 3.63) is 24.3 Å². The van der Waals surface area contributed by atoms with Crippen molar-refractivity contribution in [1.29, 1.82) is 0 Å². The molecule has 1 N–H and O–H groups in total. The molecule has 0 aliphatic heterocycles. The molecule has 0 amide bonds. The standard InChI is InChI=1S/C42H79O8P/c1-4-6-8-10-12-14-16-18-19-20-21-22-23-25-27-29-31-33-35-37-42(44)50-40(39-49-51(45,46)47-3)38-48-41(43)36-34-32-30-28-26-24-17-15-13-11-9-7-5-2/h12,14,18-19,40H,4-11,13,15-17,20-39H2,1-3H3,(H,45,46)/b14-12-,19-18-. The number of carbonyl (C=O) groups is 2. The maximum atomic E-state index is 12.5. The lowest BCUT2D eigenvalue weighted by Crippen LogP contribution is -2.29. The maximum absolute atomic E-state index is 12.5. The Morgan fingerprint density at radius 3 is 1.41 bits per heavy atom. The van der Waals surface area contributed by atoms with Gasteiger partial charge in [-0.1, -0.05) is 173 Å². The Morgan fingerprint density at radius 1 is 0.549 bits per heavy atom. The van der Waals surface area contributed by atoms with E-state index in [0.717, 1.165) is 52.1 Å². The Balaban J connectivity index is 3.98. The Kier molecular flexibility index (Phi) is 37.2. The molecular formula is C42H79O8P. The van der Waals surface area contributed by atoms with Gasteiger partial charge in [-0.2, -0.15) is 0 Å². The van der Waals surface area contributed by atoms with E-state index in [-0.39, 0.29) is 19.0 Å². The summed E-state index contributed by atoms with van der Waals surface area (Å²) in [6, 6.07) is 0. The predicted octanol–water partition coefficient (Wildman–Crippen LogP) is 13.1. The second-order valence-electron chi connectivity index (χ2n) is 14.1. The average molecular weight is 743 g/mol. The van der Waals surface area contributed by atoms with E-state index in [1.54, 1.807) is 0 Å². The average Bonchev–Trinajstić information content (AvgIpc) is 3.12. The van der Waals surface area contributed by atoms with Gasteiger partial charge in [0, 0.05) is 20.0 Å². The molecule has 8 nitrogen and oxygen atoms in total. The molecule has 2 atom stereocenters. The first-order valence-corrected chi connectivity index (χ1v) is 22.5. The second kappa shape index (κ2) is 38.3. The van der Waals surface area contributed by atoms with Crippen molar-refractivity contribution in [1.82, 2.24) is 0 Å². The van der Waals surface area contributed by atoms with Crippen molar-refractivity contribution in [3.63, 3.8) is 0 Å². The third-order valence-electron chi connectivity index (χ3n) is 9.20. The smallest absolute Gasteiger partial charge is 0.462 e. The number of allylic oxidation sites excluding steroid dienone is 4. The zero-order chi connectivity index (χ0) is 37.5. The number of phosphoric ester groups is 1. The summed E-state index contributed by atoms with van der Waals surface area (Å²) in [7, 11) is -3.19. The molecule has 9 heteroatoms. The minimum Gasteiger partial charge on any atom is -0.462 e. The molecule has 0 aliphatic rings. The van der Waals surface area contributed by atoms with Crippen LogP contribution in [0.5, 0.6) is 0 Å². The third-order valence-corrected chi connectivity index (χ3v) is 10.1. The van der Waals surface area contributed by atoms with E-state index in [4.69, 9.17) is 14.0 Å². The van der Waals surface area contributed by atoms with Crippen LogP contribution in [0.25, 0.3) is 0 Å². The molecule has 0 spiro atoms. The molecule has 0 heterocycles. The molecule has 0 aromatic carbocycles. The highest BCUT2D eigenvalue weighted by molar-refractivity contribution is 7.47. The van der Waals surface area contributed by atoms with Crippen molar-refractivity contribution in [3.8, 4) is 0 Å². The van der Waals surface area contributed by atoms with E-state index in [9.17, 15) is 19.0 Å². The van der Waals surface area contributed by atoms with Crippen LogP contribution in [0.4, 0.5) is 0 Å². The first kappa shape index (κ1) is 49.5. The van der Waals surface area contributed by atoms with Crippen molar-refractivity contribution in [2.45, 2.75) is 213 Å². The minimum atomic E-state index is -4.26. The van der Waals surface area contributed by atoms with Crippen LogP contribution in [-0.4, -0.2) is 43.3 Å². The molecule has 0 radical (unpaired) electrons. The summed E-state index contributed by atoms with van der Waals surface area (Å²) in [5.41, 5.74) is 0. The van der Waals surface area contributed by atoms with Gasteiger partial charge < -0.3 is 14.4 Å². The molecule has 0 rings (SSSR count). The first-order chi connectivity index (χ1) is 24.8. The Morgan fingerprint density at radius 2 is 0.941 bits per heavy atom. The van der Waals surface area contributed by atoms with Gasteiger partial charge in [-0.25, -0.2) is 4.57 Å². The van der Waals surface area contributed by atoms with Crippen molar-refractivity contribution >= 4 is 19.8 Å². The lowest BCUT2D eigenvalue weighted by molar-refractivity contribution is -0.161. The number of carbonyl (C=O) groups excluding carboxylic acids is 2. The summed E-state index contributed by atoms with van der Waals surface area (Å²) >= 11 is 0. The predicted molar refractivity (Wildman–Crippen MR) is 212 cm³/mol. The lowest BCUT2D eigenvalue weighted by Gasteiger charge is -2.19. The van der Waals surface area contributed by atoms with Crippen molar-refractivity contribution in [2.24, 2.45) is 0 Å². The summed E-state index contributed by atoms with van der Waals surface area (Å²) < 4.78 is 32.0.